The van der Waals surface area contributed by atoms with Crippen LogP contribution >= 0.6 is 0 Å². The highest BCUT2D eigenvalue weighted by Gasteiger charge is 1.93. The summed E-state index contributed by atoms with van der Waals surface area (Å²) in [6.07, 6.45) is 3.06. The molecule has 0 spiro atoms. The minimum Gasteiger partial charge on any atom is -0.506 e. The summed E-state index contributed by atoms with van der Waals surface area (Å²) in [6, 6.07) is 1.64. The Balaban J connectivity index is 2.41. The first kappa shape index (κ1) is 8.96. The number of hydrogen-bond donors (Lipinski definition) is 3. The maximum Gasteiger partial charge on any atom is 0.134 e. The third kappa shape index (κ3) is 2.86. The first-order chi connectivity index (χ1) is 5.83. The van der Waals surface area contributed by atoms with Gasteiger partial charge in [-0.05, 0) is 11.6 Å². The fraction of sp³-hybridized carbons (Fsp3) is 0.375. The van der Waals surface area contributed by atoms with Gasteiger partial charge in [-0.25, -0.2) is 0 Å². The predicted octanol–water partition coefficient (Wildman–Crippen LogP) is -0.131. The minimum absolute atomic E-state index is 0.117. The first-order valence-electron chi connectivity index (χ1n) is 3.77. The molecule has 0 fully saturated rings. The van der Waals surface area contributed by atoms with Gasteiger partial charge >= 0.3 is 0 Å². The van der Waals surface area contributed by atoms with E-state index in [4.69, 9.17) is 10.2 Å². The maximum atomic E-state index is 9.03. The zero-order valence-electron chi connectivity index (χ0n) is 6.70. The highest BCUT2D eigenvalue weighted by atomic mass is 16.3. The number of rotatable bonds is 4. The molecule has 0 saturated carbocycles. The number of hydrogen-bond acceptors (Lipinski definition) is 4. The van der Waals surface area contributed by atoms with Crippen LogP contribution in [0.1, 0.15) is 5.56 Å². The molecule has 0 amide bonds. The summed E-state index contributed by atoms with van der Waals surface area (Å²) in [4.78, 5) is 3.81. The molecule has 0 bridgehead atoms. The van der Waals surface area contributed by atoms with Crippen molar-refractivity contribution in [3.63, 3.8) is 0 Å². The van der Waals surface area contributed by atoms with Gasteiger partial charge in [0, 0.05) is 19.3 Å². The van der Waals surface area contributed by atoms with E-state index >= 15 is 0 Å². The van der Waals surface area contributed by atoms with Gasteiger partial charge in [0.2, 0.25) is 0 Å². The summed E-state index contributed by atoms with van der Waals surface area (Å²) in [5.41, 5.74) is 0.906. The van der Waals surface area contributed by atoms with Crippen LogP contribution < -0.4 is 5.32 Å². The molecule has 0 aliphatic heterocycles. The summed E-state index contributed by atoms with van der Waals surface area (Å²) in [5, 5.41) is 20.5. The second-order valence-corrected chi connectivity index (χ2v) is 2.45. The lowest BCUT2D eigenvalue weighted by Gasteiger charge is -2.01. The van der Waals surface area contributed by atoms with E-state index in [0.717, 1.165) is 5.56 Å². The average molecular weight is 168 g/mol. The molecule has 0 aromatic carbocycles. The zero-order valence-corrected chi connectivity index (χ0v) is 6.70. The van der Waals surface area contributed by atoms with Gasteiger partial charge in [0.25, 0.3) is 0 Å². The van der Waals surface area contributed by atoms with Crippen molar-refractivity contribution in [1.29, 1.82) is 0 Å². The summed E-state index contributed by atoms with van der Waals surface area (Å²) in [7, 11) is 0. The van der Waals surface area contributed by atoms with Crippen LogP contribution in [-0.4, -0.2) is 28.3 Å². The van der Waals surface area contributed by atoms with Crippen molar-refractivity contribution in [2.45, 2.75) is 6.54 Å². The van der Waals surface area contributed by atoms with Gasteiger partial charge in [-0.3, -0.25) is 4.98 Å². The maximum absolute atomic E-state index is 9.03. The van der Waals surface area contributed by atoms with E-state index in [2.05, 4.69) is 10.3 Å². The lowest BCUT2D eigenvalue weighted by atomic mass is 10.3. The van der Waals surface area contributed by atoms with E-state index in [0.29, 0.717) is 13.1 Å². The van der Waals surface area contributed by atoms with Gasteiger partial charge in [-0.15, -0.1) is 0 Å². The molecule has 66 valence electrons. The SMILES string of the molecule is OCCNCc1cncc(O)c1. The van der Waals surface area contributed by atoms with Crippen LogP contribution in [0.5, 0.6) is 5.75 Å². The quantitative estimate of drug-likeness (QED) is 0.548. The molecule has 1 rings (SSSR count). The van der Waals surface area contributed by atoms with Crippen LogP contribution in [0.15, 0.2) is 18.5 Å². The Morgan fingerprint density at radius 3 is 2.92 bits per heavy atom. The van der Waals surface area contributed by atoms with Crippen molar-refractivity contribution in [3.05, 3.63) is 24.0 Å². The zero-order chi connectivity index (χ0) is 8.81. The molecule has 0 aliphatic carbocycles. The average Bonchev–Trinajstić information content (AvgIpc) is 2.05. The van der Waals surface area contributed by atoms with Crippen molar-refractivity contribution >= 4 is 0 Å². The van der Waals surface area contributed by atoms with E-state index in [1.165, 1.54) is 6.20 Å². The number of aliphatic hydroxyl groups excluding tert-OH is 1. The predicted molar refractivity (Wildman–Crippen MR) is 44.7 cm³/mol. The number of nitrogens with zero attached hydrogens (tertiary/aromatic N) is 1. The van der Waals surface area contributed by atoms with Gasteiger partial charge in [0.15, 0.2) is 0 Å². The molecule has 1 aromatic heterocycles. The van der Waals surface area contributed by atoms with E-state index < -0.39 is 0 Å². The molecule has 1 heterocycles. The molecule has 0 saturated heterocycles. The molecule has 4 heteroatoms. The van der Waals surface area contributed by atoms with Crippen LogP contribution in [0.4, 0.5) is 0 Å². The van der Waals surface area contributed by atoms with Gasteiger partial charge in [0.05, 0.1) is 12.8 Å². The standard InChI is InChI=1S/C8H12N2O2/c11-2-1-9-4-7-3-8(12)6-10-5-7/h3,5-6,9,11-12H,1-2,4H2. The van der Waals surface area contributed by atoms with Crippen LogP contribution in [0.25, 0.3) is 0 Å². The Bertz CT molecular complexity index is 240. The van der Waals surface area contributed by atoms with Gasteiger partial charge < -0.3 is 15.5 Å². The monoisotopic (exact) mass is 168 g/mol. The number of aromatic nitrogens is 1. The van der Waals surface area contributed by atoms with E-state index in [9.17, 15) is 0 Å². The van der Waals surface area contributed by atoms with Crippen molar-refractivity contribution in [2.75, 3.05) is 13.2 Å². The topological polar surface area (TPSA) is 65.4 Å². The lowest BCUT2D eigenvalue weighted by molar-refractivity contribution is 0.292. The van der Waals surface area contributed by atoms with Crippen LogP contribution in [0.3, 0.4) is 0 Å². The van der Waals surface area contributed by atoms with E-state index in [1.54, 1.807) is 12.3 Å². The molecule has 0 unspecified atom stereocenters. The highest BCUT2D eigenvalue weighted by molar-refractivity contribution is 5.21. The Morgan fingerprint density at radius 1 is 1.42 bits per heavy atom. The minimum atomic E-state index is 0.117. The van der Waals surface area contributed by atoms with Crippen LogP contribution in [0.2, 0.25) is 0 Å². The number of pyridine rings is 1. The largest absolute Gasteiger partial charge is 0.506 e. The Labute approximate surface area is 70.9 Å². The summed E-state index contributed by atoms with van der Waals surface area (Å²) in [6.45, 7) is 1.28. The Hall–Kier alpha value is -1.13. The summed E-state index contributed by atoms with van der Waals surface area (Å²) < 4.78 is 0. The summed E-state index contributed by atoms with van der Waals surface area (Å²) in [5.74, 6) is 0.165. The van der Waals surface area contributed by atoms with E-state index in [1.807, 2.05) is 0 Å². The second kappa shape index (κ2) is 4.69. The van der Waals surface area contributed by atoms with Crippen molar-refractivity contribution < 1.29 is 10.2 Å². The number of nitrogens with one attached hydrogen (secondary N) is 1. The fourth-order valence-electron chi connectivity index (χ4n) is 0.882. The normalized spacial score (nSPS) is 10.1. The molecular weight excluding hydrogens is 156 g/mol. The first-order valence-corrected chi connectivity index (χ1v) is 3.77. The van der Waals surface area contributed by atoms with Crippen LogP contribution in [-0.2, 0) is 6.54 Å². The Morgan fingerprint density at radius 2 is 2.25 bits per heavy atom. The third-order valence-electron chi connectivity index (χ3n) is 1.40. The third-order valence-corrected chi connectivity index (χ3v) is 1.40. The lowest BCUT2D eigenvalue weighted by Crippen LogP contribution is -2.17. The van der Waals surface area contributed by atoms with Crippen LogP contribution in [0, 0.1) is 0 Å². The molecule has 1 aromatic rings. The molecule has 0 atom stereocenters. The molecular formula is C8H12N2O2. The highest BCUT2D eigenvalue weighted by Crippen LogP contribution is 2.07. The molecule has 3 N–H and O–H groups in total. The smallest absolute Gasteiger partial charge is 0.134 e. The molecule has 0 radical (unpaired) electrons. The van der Waals surface area contributed by atoms with Gasteiger partial charge in [-0.1, -0.05) is 0 Å². The number of aliphatic hydroxyl groups is 1. The molecule has 12 heavy (non-hydrogen) atoms. The fourth-order valence-corrected chi connectivity index (χ4v) is 0.882. The number of aromatic hydroxyl groups is 1. The van der Waals surface area contributed by atoms with Crippen molar-refractivity contribution in [3.8, 4) is 5.75 Å². The summed E-state index contributed by atoms with van der Waals surface area (Å²) >= 11 is 0. The molecule has 0 aliphatic rings. The molecule has 4 nitrogen and oxygen atoms in total. The van der Waals surface area contributed by atoms with Gasteiger partial charge in [-0.2, -0.15) is 0 Å². The van der Waals surface area contributed by atoms with Crippen molar-refractivity contribution in [1.82, 2.24) is 10.3 Å². The van der Waals surface area contributed by atoms with Crippen molar-refractivity contribution in [2.24, 2.45) is 0 Å². The van der Waals surface area contributed by atoms with Gasteiger partial charge in [0.1, 0.15) is 5.75 Å². The second-order valence-electron chi connectivity index (χ2n) is 2.45. The van der Waals surface area contributed by atoms with E-state index in [-0.39, 0.29) is 12.4 Å². The Kier molecular flexibility index (Phi) is 3.50.